The normalized spacial score (nSPS) is 11.2. The third-order valence-electron chi connectivity index (χ3n) is 3.70. The summed E-state index contributed by atoms with van der Waals surface area (Å²) in [7, 11) is 0. The van der Waals surface area contributed by atoms with Crippen molar-refractivity contribution in [2.45, 2.75) is 33.7 Å². The van der Waals surface area contributed by atoms with Crippen molar-refractivity contribution in [2.75, 3.05) is 17.8 Å². The van der Waals surface area contributed by atoms with Crippen LogP contribution in [0.25, 0.3) is 5.70 Å². The number of hydrogen-bond donors (Lipinski definition) is 1. The first-order valence-electron chi connectivity index (χ1n) is 9.34. The second kappa shape index (κ2) is 14.8. The smallest absolute Gasteiger partial charge is 0.362 e. The minimum Gasteiger partial charge on any atom is -0.362 e. The SMILES string of the molecule is C/C=C(\C=C(\C)CF)n1c(CC)noc1=O.CBr.c1cncc(CNc2cnon2)c1. The van der Waals surface area contributed by atoms with Crippen LogP contribution in [-0.2, 0) is 13.0 Å². The Morgan fingerprint density at radius 2 is 2.10 bits per heavy atom. The molecular weight excluding hydrogens is 471 g/mol. The number of alkyl halides is 2. The first-order chi connectivity index (χ1) is 15.1. The van der Waals surface area contributed by atoms with Crippen molar-refractivity contribution in [2.24, 2.45) is 0 Å². The van der Waals surface area contributed by atoms with Crippen LogP contribution in [0.5, 0.6) is 0 Å². The van der Waals surface area contributed by atoms with E-state index in [1.807, 2.05) is 24.9 Å². The van der Waals surface area contributed by atoms with Gasteiger partial charge in [-0.05, 0) is 48.1 Å². The molecule has 3 aromatic rings. The Bertz CT molecular complexity index is 984. The lowest BCUT2D eigenvalue weighted by atomic mass is 10.2. The molecule has 0 aliphatic heterocycles. The standard InChI is InChI=1S/C11H15FN2O2.C8H8N4O.CH3Br/c1-4-9(6-8(3)7-12)14-10(5-2)13-16-11(14)15;1-2-7(4-9-3-1)5-10-8-6-11-13-12-8;1-2/h4,6H,5,7H2,1-3H3;1-4,6H,5H2,(H,10,12);1H3/b8-6-,9-4+;;. The summed E-state index contributed by atoms with van der Waals surface area (Å²) < 4.78 is 22.7. The van der Waals surface area contributed by atoms with Gasteiger partial charge in [0.05, 0.1) is 0 Å². The monoisotopic (exact) mass is 496 g/mol. The Morgan fingerprint density at radius 1 is 1.32 bits per heavy atom. The van der Waals surface area contributed by atoms with Crippen molar-refractivity contribution in [3.63, 3.8) is 0 Å². The van der Waals surface area contributed by atoms with Crippen molar-refractivity contribution in [1.29, 1.82) is 0 Å². The summed E-state index contributed by atoms with van der Waals surface area (Å²) in [6, 6.07) is 3.87. The maximum Gasteiger partial charge on any atom is 0.446 e. The molecule has 168 valence electrons. The van der Waals surface area contributed by atoms with E-state index in [0.29, 0.717) is 35.9 Å². The maximum atomic E-state index is 12.4. The van der Waals surface area contributed by atoms with Crippen LogP contribution >= 0.6 is 15.9 Å². The number of nitrogens with one attached hydrogen (secondary N) is 1. The Kier molecular flexibility index (Phi) is 12.4. The molecule has 0 amide bonds. The fourth-order valence-corrected chi connectivity index (χ4v) is 2.26. The summed E-state index contributed by atoms with van der Waals surface area (Å²) in [6.07, 6.45) is 8.96. The van der Waals surface area contributed by atoms with Crippen LogP contribution in [0.3, 0.4) is 0 Å². The van der Waals surface area contributed by atoms with Crippen LogP contribution in [0, 0.1) is 0 Å². The molecule has 1 N–H and O–H groups in total. The van der Waals surface area contributed by atoms with E-state index < -0.39 is 12.4 Å². The minimum atomic E-state index is -0.548. The average molecular weight is 497 g/mol. The first-order valence-corrected chi connectivity index (χ1v) is 10.9. The van der Waals surface area contributed by atoms with E-state index in [1.165, 1.54) is 10.8 Å². The molecule has 31 heavy (non-hydrogen) atoms. The zero-order valence-corrected chi connectivity index (χ0v) is 19.5. The highest BCUT2D eigenvalue weighted by molar-refractivity contribution is 9.08. The van der Waals surface area contributed by atoms with Gasteiger partial charge in [-0.15, -0.1) is 0 Å². The third kappa shape index (κ3) is 8.67. The van der Waals surface area contributed by atoms with E-state index >= 15 is 0 Å². The molecule has 0 saturated heterocycles. The molecule has 9 nitrogen and oxygen atoms in total. The number of pyridine rings is 1. The summed E-state index contributed by atoms with van der Waals surface area (Å²) in [6.45, 7) is 5.43. The highest BCUT2D eigenvalue weighted by Crippen LogP contribution is 2.10. The molecule has 0 bridgehead atoms. The number of aryl methyl sites for hydroxylation is 1. The Hall–Kier alpha value is -3.08. The summed E-state index contributed by atoms with van der Waals surface area (Å²) in [4.78, 5) is 15.4. The summed E-state index contributed by atoms with van der Waals surface area (Å²) >= 11 is 2.94. The van der Waals surface area contributed by atoms with Crippen molar-refractivity contribution in [3.8, 4) is 0 Å². The molecular formula is C20H26BrFN6O3. The van der Waals surface area contributed by atoms with Crippen molar-refractivity contribution in [3.05, 3.63) is 70.4 Å². The van der Waals surface area contributed by atoms with Gasteiger partial charge in [-0.1, -0.05) is 45.3 Å². The summed E-state index contributed by atoms with van der Waals surface area (Å²) in [5, 5.41) is 13.8. The molecule has 0 aliphatic rings. The lowest BCUT2D eigenvalue weighted by Gasteiger charge is -2.04. The van der Waals surface area contributed by atoms with Crippen LogP contribution in [0.15, 0.2) is 62.4 Å². The van der Waals surface area contributed by atoms with E-state index in [4.69, 9.17) is 0 Å². The molecule has 0 aromatic carbocycles. The van der Waals surface area contributed by atoms with Crippen LogP contribution in [0.1, 0.15) is 32.2 Å². The van der Waals surface area contributed by atoms with Gasteiger partial charge in [0, 0.05) is 31.1 Å². The molecule has 0 saturated carbocycles. The van der Waals surface area contributed by atoms with Crippen LogP contribution in [0.4, 0.5) is 10.2 Å². The number of halogens is 2. The molecule has 0 aliphatic carbocycles. The second-order valence-electron chi connectivity index (χ2n) is 5.90. The average Bonchev–Trinajstić information content (AvgIpc) is 3.48. The number of anilines is 1. The van der Waals surface area contributed by atoms with Gasteiger partial charge in [-0.25, -0.2) is 18.4 Å². The lowest BCUT2D eigenvalue weighted by Crippen LogP contribution is -2.15. The van der Waals surface area contributed by atoms with E-state index in [1.54, 1.807) is 38.4 Å². The third-order valence-corrected chi connectivity index (χ3v) is 3.70. The second-order valence-corrected chi connectivity index (χ2v) is 5.90. The van der Waals surface area contributed by atoms with Gasteiger partial charge in [0.25, 0.3) is 0 Å². The van der Waals surface area contributed by atoms with Crippen molar-refractivity contribution >= 4 is 27.4 Å². The molecule has 0 spiro atoms. The van der Waals surface area contributed by atoms with Crippen molar-refractivity contribution in [1.82, 2.24) is 25.0 Å². The van der Waals surface area contributed by atoms with Crippen LogP contribution in [0.2, 0.25) is 0 Å². The topological polar surface area (TPSA) is 112 Å². The Balaban J connectivity index is 0.000000291. The molecule has 3 rings (SSSR count). The Labute approximate surface area is 188 Å². The fourth-order valence-electron chi connectivity index (χ4n) is 2.26. The van der Waals surface area contributed by atoms with Gasteiger partial charge in [-0.2, -0.15) is 0 Å². The fraction of sp³-hybridized carbons (Fsp3) is 0.350. The van der Waals surface area contributed by atoms with Gasteiger partial charge in [-0.3, -0.25) is 9.51 Å². The largest absolute Gasteiger partial charge is 0.446 e. The number of hydrogen-bond acceptors (Lipinski definition) is 8. The minimum absolute atomic E-state index is 0.529. The van der Waals surface area contributed by atoms with E-state index in [0.717, 1.165) is 5.56 Å². The van der Waals surface area contributed by atoms with Gasteiger partial charge in [0.1, 0.15) is 12.9 Å². The van der Waals surface area contributed by atoms with E-state index in [-0.39, 0.29) is 0 Å². The lowest BCUT2D eigenvalue weighted by molar-refractivity contribution is 0.308. The van der Waals surface area contributed by atoms with E-state index in [9.17, 15) is 9.18 Å². The molecule has 3 heterocycles. The maximum absolute atomic E-state index is 12.4. The highest BCUT2D eigenvalue weighted by Gasteiger charge is 2.11. The molecule has 3 aromatic heterocycles. The molecule has 0 unspecified atom stereocenters. The zero-order valence-electron chi connectivity index (χ0n) is 17.9. The molecule has 0 fully saturated rings. The predicted molar refractivity (Wildman–Crippen MR) is 121 cm³/mol. The first kappa shape index (κ1) is 26.0. The summed E-state index contributed by atoms with van der Waals surface area (Å²) in [5.41, 5.74) is 2.21. The predicted octanol–water partition coefficient (Wildman–Crippen LogP) is 4.26. The van der Waals surface area contributed by atoms with Gasteiger partial charge < -0.3 is 5.32 Å². The number of allylic oxidation sites excluding steroid dienone is 4. The van der Waals surface area contributed by atoms with Gasteiger partial charge >= 0.3 is 5.76 Å². The number of rotatable bonds is 7. The van der Waals surface area contributed by atoms with Crippen molar-refractivity contribution < 1.29 is 13.5 Å². The van der Waals surface area contributed by atoms with Gasteiger partial charge in [0.15, 0.2) is 11.6 Å². The Morgan fingerprint density at radius 3 is 2.65 bits per heavy atom. The molecule has 0 radical (unpaired) electrons. The zero-order chi connectivity index (χ0) is 23.1. The molecule has 11 heteroatoms. The number of aromatic nitrogens is 5. The quantitative estimate of drug-likeness (QED) is 0.381. The van der Waals surface area contributed by atoms with Crippen LogP contribution < -0.4 is 11.1 Å². The van der Waals surface area contributed by atoms with E-state index in [2.05, 4.69) is 50.9 Å². The molecule has 0 atom stereocenters. The van der Waals surface area contributed by atoms with Crippen LogP contribution in [-0.4, -0.2) is 37.5 Å². The highest BCUT2D eigenvalue weighted by atomic mass is 79.9. The number of nitrogens with zero attached hydrogens (tertiary/aromatic N) is 5. The van der Waals surface area contributed by atoms with Gasteiger partial charge in [0.2, 0.25) is 0 Å². The summed E-state index contributed by atoms with van der Waals surface area (Å²) in [5.74, 6) is 2.42.